The highest BCUT2D eigenvalue weighted by Gasteiger charge is 2.22. The monoisotopic (exact) mass is 382 g/mol. The zero-order chi connectivity index (χ0) is 18.4. The van der Waals surface area contributed by atoms with Crippen molar-refractivity contribution in [3.8, 4) is 5.75 Å². The van der Waals surface area contributed by atoms with Crippen LogP contribution in [0.5, 0.6) is 5.75 Å². The molecule has 2 aromatic rings. The van der Waals surface area contributed by atoms with Crippen LogP contribution in [0.15, 0.2) is 48.5 Å². The largest absolute Gasteiger partial charge is 0.496 e. The summed E-state index contributed by atoms with van der Waals surface area (Å²) in [5.41, 5.74) is 1.10. The Morgan fingerprint density at radius 3 is 2.44 bits per heavy atom. The molecule has 134 valence electrons. The first kappa shape index (κ1) is 19.2. The molecule has 0 bridgehead atoms. The van der Waals surface area contributed by atoms with E-state index in [9.17, 15) is 13.2 Å². The van der Waals surface area contributed by atoms with Crippen LogP contribution < -0.4 is 10.1 Å². The number of sulfonamides is 1. The molecule has 25 heavy (non-hydrogen) atoms. The summed E-state index contributed by atoms with van der Waals surface area (Å²) in [4.78, 5) is 12.3. The molecule has 0 fully saturated rings. The molecule has 0 heterocycles. The van der Waals surface area contributed by atoms with Crippen LogP contribution >= 0.6 is 11.6 Å². The van der Waals surface area contributed by atoms with E-state index in [1.54, 1.807) is 48.5 Å². The number of benzene rings is 2. The second-order valence-corrected chi connectivity index (χ2v) is 7.76. The number of halogens is 1. The molecule has 2 rings (SSSR count). The summed E-state index contributed by atoms with van der Waals surface area (Å²) in [5.74, 6) is 0.0797. The maximum absolute atomic E-state index is 12.3. The van der Waals surface area contributed by atoms with Crippen molar-refractivity contribution in [2.75, 3.05) is 25.2 Å². The molecule has 0 spiro atoms. The van der Waals surface area contributed by atoms with E-state index in [2.05, 4.69) is 5.32 Å². The third-order valence-corrected chi connectivity index (χ3v) is 5.00. The number of carbonyl (C=O) groups is 1. The normalized spacial score (nSPS) is 11.4. The van der Waals surface area contributed by atoms with Gasteiger partial charge in [-0.1, -0.05) is 41.9 Å². The van der Waals surface area contributed by atoms with Crippen molar-refractivity contribution < 1.29 is 17.9 Å². The first-order valence-electron chi connectivity index (χ1n) is 7.42. The molecule has 0 atom stereocenters. The minimum Gasteiger partial charge on any atom is -0.496 e. The molecular formula is C17H19ClN2O4S. The van der Waals surface area contributed by atoms with E-state index in [-0.39, 0.29) is 13.1 Å². The van der Waals surface area contributed by atoms with Gasteiger partial charge in [0, 0.05) is 12.1 Å². The molecule has 8 heteroatoms. The number of ether oxygens (including phenoxy) is 1. The number of hydrogen-bond donors (Lipinski definition) is 1. The van der Waals surface area contributed by atoms with Gasteiger partial charge >= 0.3 is 0 Å². The first-order valence-corrected chi connectivity index (χ1v) is 9.65. The molecule has 0 aromatic heterocycles. The summed E-state index contributed by atoms with van der Waals surface area (Å²) < 4.78 is 30.5. The molecule has 0 aliphatic rings. The molecule has 0 radical (unpaired) electrons. The Kier molecular flexibility index (Phi) is 6.41. The van der Waals surface area contributed by atoms with Crippen LogP contribution in [0, 0.1) is 0 Å². The highest BCUT2D eigenvalue weighted by atomic mass is 35.5. The van der Waals surface area contributed by atoms with Gasteiger partial charge in [-0.3, -0.25) is 4.79 Å². The lowest BCUT2D eigenvalue weighted by Crippen LogP contribution is -2.37. The summed E-state index contributed by atoms with van der Waals surface area (Å²) in [6, 6.07) is 13.8. The fraction of sp³-hybridized carbons (Fsp3) is 0.235. The molecule has 0 unspecified atom stereocenters. The standard InChI is InChI=1S/C17H19ClN2O4S/c1-24-16-10-6-3-7-13(16)11-20(25(2,22)23)12-17(21)19-15-9-5-4-8-14(15)18/h3-10H,11-12H2,1-2H3,(H,19,21). The van der Waals surface area contributed by atoms with Crippen molar-refractivity contribution in [1.29, 1.82) is 0 Å². The predicted octanol–water partition coefficient (Wildman–Crippen LogP) is 2.75. The summed E-state index contributed by atoms with van der Waals surface area (Å²) in [7, 11) is -2.09. The number of nitrogens with zero attached hydrogens (tertiary/aromatic N) is 1. The zero-order valence-corrected chi connectivity index (χ0v) is 15.5. The Hall–Kier alpha value is -2.09. The van der Waals surface area contributed by atoms with Gasteiger partial charge in [-0.25, -0.2) is 8.42 Å². The van der Waals surface area contributed by atoms with Crippen molar-refractivity contribution in [1.82, 2.24) is 4.31 Å². The van der Waals surface area contributed by atoms with E-state index >= 15 is 0 Å². The molecule has 6 nitrogen and oxygen atoms in total. The highest BCUT2D eigenvalue weighted by molar-refractivity contribution is 7.88. The topological polar surface area (TPSA) is 75.7 Å². The number of rotatable bonds is 7. The van der Waals surface area contributed by atoms with Crippen molar-refractivity contribution in [3.05, 3.63) is 59.1 Å². The minimum atomic E-state index is -3.60. The van der Waals surface area contributed by atoms with E-state index in [0.717, 1.165) is 10.6 Å². The number of methoxy groups -OCH3 is 1. The van der Waals surface area contributed by atoms with Gasteiger partial charge < -0.3 is 10.1 Å². The van der Waals surface area contributed by atoms with Gasteiger partial charge in [0.15, 0.2) is 0 Å². The number of amides is 1. The lowest BCUT2D eigenvalue weighted by Gasteiger charge is -2.21. The Labute approximate surface area is 152 Å². The quantitative estimate of drug-likeness (QED) is 0.798. The van der Waals surface area contributed by atoms with Gasteiger partial charge in [-0.15, -0.1) is 0 Å². The molecule has 0 saturated carbocycles. The van der Waals surface area contributed by atoms with Gasteiger partial charge in [0.25, 0.3) is 0 Å². The van der Waals surface area contributed by atoms with Crippen LogP contribution in [0.3, 0.4) is 0 Å². The second-order valence-electron chi connectivity index (χ2n) is 5.37. The maximum atomic E-state index is 12.3. The summed E-state index contributed by atoms with van der Waals surface area (Å²) >= 11 is 6.00. The number of hydrogen-bond acceptors (Lipinski definition) is 4. The maximum Gasteiger partial charge on any atom is 0.239 e. The van der Waals surface area contributed by atoms with Crippen molar-refractivity contribution in [3.63, 3.8) is 0 Å². The van der Waals surface area contributed by atoms with Crippen molar-refractivity contribution >= 4 is 33.2 Å². The first-order chi connectivity index (χ1) is 11.8. The third-order valence-electron chi connectivity index (χ3n) is 3.48. The number of carbonyl (C=O) groups excluding carboxylic acids is 1. The van der Waals surface area contributed by atoms with E-state index in [0.29, 0.717) is 22.0 Å². The molecule has 0 aliphatic carbocycles. The molecule has 2 aromatic carbocycles. The summed E-state index contributed by atoms with van der Waals surface area (Å²) in [5, 5.41) is 3.00. The van der Waals surface area contributed by atoms with Gasteiger partial charge in [0.1, 0.15) is 5.75 Å². The average molecular weight is 383 g/mol. The lowest BCUT2D eigenvalue weighted by atomic mass is 10.2. The van der Waals surface area contributed by atoms with Crippen LogP contribution in [0.2, 0.25) is 5.02 Å². The highest BCUT2D eigenvalue weighted by Crippen LogP contribution is 2.22. The predicted molar refractivity (Wildman–Crippen MR) is 98.3 cm³/mol. The Morgan fingerprint density at radius 1 is 1.16 bits per heavy atom. The smallest absolute Gasteiger partial charge is 0.239 e. The minimum absolute atomic E-state index is 0.0266. The average Bonchev–Trinajstić information content (AvgIpc) is 2.56. The van der Waals surface area contributed by atoms with Crippen molar-refractivity contribution in [2.24, 2.45) is 0 Å². The van der Waals surface area contributed by atoms with Gasteiger partial charge in [0.05, 0.1) is 30.6 Å². The third kappa shape index (κ3) is 5.45. The van der Waals surface area contributed by atoms with E-state index in [1.807, 2.05) is 0 Å². The fourth-order valence-electron chi connectivity index (χ4n) is 2.23. The molecular weight excluding hydrogens is 364 g/mol. The molecule has 0 saturated heterocycles. The van der Waals surface area contributed by atoms with Gasteiger partial charge in [-0.2, -0.15) is 4.31 Å². The number of nitrogens with one attached hydrogen (secondary N) is 1. The van der Waals surface area contributed by atoms with E-state index in [4.69, 9.17) is 16.3 Å². The fourth-order valence-corrected chi connectivity index (χ4v) is 3.13. The van der Waals surface area contributed by atoms with Crippen LogP contribution in [0.1, 0.15) is 5.56 Å². The van der Waals surface area contributed by atoms with Crippen LogP contribution in [-0.2, 0) is 21.4 Å². The second kappa shape index (κ2) is 8.33. The zero-order valence-electron chi connectivity index (χ0n) is 13.9. The van der Waals surface area contributed by atoms with Crippen molar-refractivity contribution in [2.45, 2.75) is 6.54 Å². The molecule has 0 aliphatic heterocycles. The summed E-state index contributed by atoms with van der Waals surface area (Å²) in [6.45, 7) is -0.305. The Morgan fingerprint density at radius 2 is 1.80 bits per heavy atom. The lowest BCUT2D eigenvalue weighted by molar-refractivity contribution is -0.116. The Bertz CT molecular complexity index is 855. The SMILES string of the molecule is COc1ccccc1CN(CC(=O)Nc1ccccc1Cl)S(C)(=O)=O. The van der Waals surface area contributed by atoms with Crippen LogP contribution in [0.4, 0.5) is 5.69 Å². The molecule has 1 N–H and O–H groups in total. The van der Waals surface area contributed by atoms with E-state index in [1.165, 1.54) is 7.11 Å². The summed E-state index contributed by atoms with van der Waals surface area (Å²) in [6.07, 6.45) is 1.06. The van der Waals surface area contributed by atoms with E-state index < -0.39 is 15.9 Å². The number of anilines is 1. The van der Waals surface area contributed by atoms with Gasteiger partial charge in [0.2, 0.25) is 15.9 Å². The number of para-hydroxylation sites is 2. The van der Waals surface area contributed by atoms with Crippen LogP contribution in [-0.4, -0.2) is 38.5 Å². The van der Waals surface area contributed by atoms with Crippen LogP contribution in [0.25, 0.3) is 0 Å². The van der Waals surface area contributed by atoms with Gasteiger partial charge in [-0.05, 0) is 18.2 Å². The Balaban J connectivity index is 2.16. The molecule has 1 amide bonds.